The number of nitrogens with two attached hydrogens (primary N) is 2. The van der Waals surface area contributed by atoms with Gasteiger partial charge in [0, 0.05) is 24.8 Å². The number of amides is 3. The number of ether oxygens (including phenoxy) is 1. The zero-order chi connectivity index (χ0) is 29.9. The highest BCUT2D eigenvalue weighted by molar-refractivity contribution is 8.02. The van der Waals surface area contributed by atoms with E-state index in [4.69, 9.17) is 21.0 Å². The van der Waals surface area contributed by atoms with Gasteiger partial charge in [-0.05, 0) is 0 Å². The number of rotatable bonds is 13. The number of β-lactam (4-membered cyclic amide) rings is 1. The van der Waals surface area contributed by atoms with Crippen molar-refractivity contribution in [1.29, 1.82) is 0 Å². The van der Waals surface area contributed by atoms with Crippen molar-refractivity contribution in [2.24, 2.45) is 16.6 Å². The molecule has 0 radical (unpaired) electrons. The Kier molecular flexibility index (Phi) is 8.67. The summed E-state index contributed by atoms with van der Waals surface area (Å²) in [5.41, 5.74) is 8.66. The van der Waals surface area contributed by atoms with Crippen LogP contribution in [0.2, 0.25) is 0 Å². The number of carboxylic acids is 1. The molecule has 3 heterocycles. The summed E-state index contributed by atoms with van der Waals surface area (Å²) in [5, 5.41) is 30.0. The number of carboxylic acid groups (broad SMARTS) is 1. The largest absolute Gasteiger partial charge is 0.478 e. The van der Waals surface area contributed by atoms with Crippen molar-refractivity contribution in [3.63, 3.8) is 0 Å². The van der Waals surface area contributed by atoms with Crippen LogP contribution in [0, 0.1) is 0 Å². The van der Waals surface area contributed by atoms with Crippen molar-refractivity contribution in [2.45, 2.75) is 49.1 Å². The Bertz CT molecular complexity index is 1390. The van der Waals surface area contributed by atoms with Crippen LogP contribution in [0.3, 0.4) is 0 Å². The number of carbonyl (C=O) groups excluding carboxylic acids is 3. The molecule has 1 saturated carbocycles. The quantitative estimate of drug-likeness (QED) is 0.0485. The van der Waals surface area contributed by atoms with Crippen molar-refractivity contribution >= 4 is 51.7 Å². The molecule has 22 heteroatoms. The average Bonchev–Trinajstić information content (AvgIpc) is 3.37. The average molecular weight is 619 g/mol. The second-order valence-electron chi connectivity index (χ2n) is 8.86. The minimum absolute atomic E-state index is 0.00474. The van der Waals surface area contributed by atoms with Gasteiger partial charge in [0.1, 0.15) is 29.9 Å². The third-order valence-corrected chi connectivity index (χ3v) is 7.64. The molecule has 1 aliphatic carbocycles. The number of nitrogens with one attached hydrogen (secondary N) is 3. The molecule has 2 fully saturated rings. The molecular formula is C19H26N10O10S2. The highest BCUT2D eigenvalue weighted by Gasteiger charge is 2.56. The van der Waals surface area contributed by atoms with Gasteiger partial charge in [-0.3, -0.25) is 14.1 Å². The molecule has 3 atom stereocenters. The SMILES string of the molecule is NCCOC(=O)NCc1cnn(CC2C(NC(=O)/C(=N\OC3(C(=O)O)CC3)C3=CSC(N)N3)C(=O)N2S(=O)(=O)O)n1. The summed E-state index contributed by atoms with van der Waals surface area (Å²) in [6.07, 6.45) is 0.833. The van der Waals surface area contributed by atoms with Crippen molar-refractivity contribution in [1.82, 2.24) is 35.2 Å². The summed E-state index contributed by atoms with van der Waals surface area (Å²) in [7, 11) is -5.03. The van der Waals surface area contributed by atoms with E-state index in [1.54, 1.807) is 0 Å². The van der Waals surface area contributed by atoms with Crippen LogP contribution < -0.4 is 27.4 Å². The van der Waals surface area contributed by atoms with Crippen LogP contribution >= 0.6 is 11.8 Å². The third-order valence-electron chi connectivity index (χ3n) is 5.91. The van der Waals surface area contributed by atoms with Crippen LogP contribution in [-0.2, 0) is 47.4 Å². The first-order valence-electron chi connectivity index (χ1n) is 11.8. The highest BCUT2D eigenvalue weighted by Crippen LogP contribution is 2.40. The number of aromatic nitrogens is 3. The van der Waals surface area contributed by atoms with Crippen LogP contribution in [0.25, 0.3) is 0 Å². The minimum atomic E-state index is -5.03. The van der Waals surface area contributed by atoms with E-state index in [1.807, 2.05) is 0 Å². The van der Waals surface area contributed by atoms with Gasteiger partial charge >= 0.3 is 22.4 Å². The lowest BCUT2D eigenvalue weighted by Gasteiger charge is -2.43. The standard InChI is InChI=1S/C19H26N10O10S2/c20-3-4-38-18(34)22-5-9-6-23-28(26-9)7-11-13(15(31)29(11)41(35,36)37)25-14(30)12(10-8-40-17(21)24-10)27-39-19(1-2-19)16(32)33/h6,8,11,13,17,24H,1-5,7,20-21H2,(H,22,34)(H,25,30)(H,32,33)(H,35,36,37)/b27-12-. The van der Waals surface area contributed by atoms with Crippen LogP contribution in [0.4, 0.5) is 4.79 Å². The second kappa shape index (κ2) is 11.9. The molecule has 9 N–H and O–H groups in total. The van der Waals surface area contributed by atoms with Gasteiger partial charge in [-0.2, -0.15) is 23.4 Å². The summed E-state index contributed by atoms with van der Waals surface area (Å²) >= 11 is 1.09. The van der Waals surface area contributed by atoms with Gasteiger partial charge < -0.3 is 42.1 Å². The lowest BCUT2D eigenvalue weighted by atomic mass is 9.98. The minimum Gasteiger partial charge on any atom is -0.478 e. The molecule has 1 saturated heterocycles. The van der Waals surface area contributed by atoms with E-state index in [-0.39, 0.29) is 48.2 Å². The van der Waals surface area contributed by atoms with Crippen molar-refractivity contribution in [3.05, 3.63) is 23.0 Å². The van der Waals surface area contributed by atoms with Gasteiger partial charge in [-0.15, -0.1) is 0 Å². The number of hydrogen-bond acceptors (Lipinski definition) is 15. The normalized spacial score (nSPS) is 23.1. The van der Waals surface area contributed by atoms with Crippen molar-refractivity contribution in [2.75, 3.05) is 13.2 Å². The van der Waals surface area contributed by atoms with Crippen molar-refractivity contribution < 1.29 is 46.8 Å². The zero-order valence-electron chi connectivity index (χ0n) is 21.0. The molecule has 3 unspecified atom stereocenters. The maximum atomic E-state index is 13.2. The Morgan fingerprint density at radius 3 is 2.66 bits per heavy atom. The Labute approximate surface area is 235 Å². The predicted molar refractivity (Wildman–Crippen MR) is 136 cm³/mol. The number of nitrogens with zero attached hydrogens (tertiary/aromatic N) is 5. The Balaban J connectivity index is 1.48. The molecule has 2 aliphatic heterocycles. The summed E-state index contributed by atoms with van der Waals surface area (Å²) in [4.78, 5) is 55.0. The van der Waals surface area contributed by atoms with E-state index in [9.17, 15) is 37.3 Å². The maximum absolute atomic E-state index is 13.2. The molecule has 41 heavy (non-hydrogen) atoms. The zero-order valence-corrected chi connectivity index (χ0v) is 22.6. The van der Waals surface area contributed by atoms with Gasteiger partial charge in [-0.1, -0.05) is 16.9 Å². The van der Waals surface area contributed by atoms with Gasteiger partial charge in [0.2, 0.25) is 5.60 Å². The van der Waals surface area contributed by atoms with Crippen LogP contribution in [0.1, 0.15) is 18.5 Å². The number of oxime groups is 1. The summed E-state index contributed by atoms with van der Waals surface area (Å²) in [5.74, 6) is -3.45. The van der Waals surface area contributed by atoms with E-state index >= 15 is 0 Å². The monoisotopic (exact) mass is 618 g/mol. The molecule has 20 nitrogen and oxygen atoms in total. The van der Waals surface area contributed by atoms with Crippen LogP contribution in [0.5, 0.6) is 0 Å². The molecule has 0 aromatic carbocycles. The molecule has 4 rings (SSSR count). The second-order valence-corrected chi connectivity index (χ2v) is 11.2. The fraction of sp³-hybridized carbons (Fsp3) is 0.526. The number of hydrogen-bond donors (Lipinski definition) is 7. The molecule has 3 aliphatic rings. The first-order valence-corrected chi connectivity index (χ1v) is 14.2. The fourth-order valence-electron chi connectivity index (χ4n) is 3.68. The lowest BCUT2D eigenvalue weighted by Crippen LogP contribution is -2.73. The van der Waals surface area contributed by atoms with Crippen LogP contribution in [0.15, 0.2) is 22.5 Å². The first-order chi connectivity index (χ1) is 19.3. The van der Waals surface area contributed by atoms with E-state index in [0.29, 0.717) is 0 Å². The number of aliphatic carboxylic acids is 1. The lowest BCUT2D eigenvalue weighted by molar-refractivity contribution is -0.153. The highest BCUT2D eigenvalue weighted by atomic mass is 32.2. The Morgan fingerprint density at radius 2 is 2.07 bits per heavy atom. The summed E-state index contributed by atoms with van der Waals surface area (Å²) < 4.78 is 38.3. The first kappa shape index (κ1) is 30.0. The molecule has 0 bridgehead atoms. The molecule has 3 amide bonds. The molecular weight excluding hydrogens is 592 g/mol. The van der Waals surface area contributed by atoms with Gasteiger partial charge in [-0.25, -0.2) is 13.9 Å². The third kappa shape index (κ3) is 6.84. The van der Waals surface area contributed by atoms with E-state index in [2.05, 4.69) is 31.3 Å². The van der Waals surface area contributed by atoms with Crippen LogP contribution in [-0.4, -0.2) is 103 Å². The van der Waals surface area contributed by atoms with Crippen molar-refractivity contribution in [3.8, 4) is 0 Å². The Hall–Kier alpha value is -3.99. The predicted octanol–water partition coefficient (Wildman–Crippen LogP) is -3.63. The number of carbonyl (C=O) groups is 4. The number of alkyl carbamates (subject to hydrolysis) is 1. The molecule has 224 valence electrons. The van der Waals surface area contributed by atoms with E-state index in [0.717, 1.165) is 16.6 Å². The Morgan fingerprint density at radius 1 is 1.34 bits per heavy atom. The smallest absolute Gasteiger partial charge is 0.407 e. The summed E-state index contributed by atoms with van der Waals surface area (Å²) in [6.45, 7) is -0.365. The molecule has 1 aromatic heterocycles. The topological polar surface area (TPSA) is 296 Å². The molecule has 0 spiro atoms. The van der Waals surface area contributed by atoms with E-state index < -0.39 is 69.6 Å². The summed E-state index contributed by atoms with van der Waals surface area (Å²) in [6, 6.07) is -2.87. The van der Waals surface area contributed by atoms with Gasteiger partial charge in [0.05, 0.1) is 25.0 Å². The van der Waals surface area contributed by atoms with Gasteiger partial charge in [0.15, 0.2) is 5.71 Å². The fourth-order valence-corrected chi connectivity index (χ4v) is 5.20. The van der Waals surface area contributed by atoms with Gasteiger partial charge in [0.25, 0.3) is 11.8 Å². The molecule has 1 aromatic rings. The maximum Gasteiger partial charge on any atom is 0.407 e. The van der Waals surface area contributed by atoms with E-state index in [1.165, 1.54) is 11.6 Å². The number of thioether (sulfide) groups is 1.